The highest BCUT2D eigenvalue weighted by molar-refractivity contribution is 7.99. The highest BCUT2D eigenvalue weighted by atomic mass is 32.2. The first-order valence-electron chi connectivity index (χ1n) is 10.2. The normalized spacial score (nSPS) is 14.3. The number of carbonyl (C=O) groups excluding carboxylic acids is 1. The minimum atomic E-state index is -4.52. The molecule has 1 fully saturated rings. The van der Waals surface area contributed by atoms with Crippen LogP contribution in [-0.2, 0) is 22.3 Å². The van der Waals surface area contributed by atoms with E-state index in [1.165, 1.54) is 6.07 Å². The Morgan fingerprint density at radius 3 is 2.61 bits per heavy atom. The number of hydrogen-bond acceptors (Lipinski definition) is 7. The maximum absolute atomic E-state index is 13.3. The van der Waals surface area contributed by atoms with Crippen molar-refractivity contribution in [3.63, 3.8) is 0 Å². The van der Waals surface area contributed by atoms with Crippen molar-refractivity contribution >= 4 is 29.0 Å². The Kier molecular flexibility index (Phi) is 7.14. The first-order chi connectivity index (χ1) is 15.9. The van der Waals surface area contributed by atoms with Crippen molar-refractivity contribution in [2.45, 2.75) is 17.9 Å². The number of amides is 1. The lowest BCUT2D eigenvalue weighted by Crippen LogP contribution is -2.37. The molecule has 12 heteroatoms. The number of halogens is 3. The van der Waals surface area contributed by atoms with E-state index in [0.29, 0.717) is 43.7 Å². The number of alkyl halides is 3. The van der Waals surface area contributed by atoms with Crippen LogP contribution in [0.1, 0.15) is 11.1 Å². The number of nitrogens with zero attached hydrogens (tertiary/aromatic N) is 5. The molecular weight excluding hydrogens is 457 g/mol. The van der Waals surface area contributed by atoms with Gasteiger partial charge in [-0.1, -0.05) is 42.1 Å². The molecule has 2 aromatic carbocycles. The molecule has 1 saturated heterocycles. The molecule has 1 aliphatic rings. The molecule has 3 aromatic rings. The minimum Gasteiger partial charge on any atom is -0.378 e. The van der Waals surface area contributed by atoms with Crippen molar-refractivity contribution in [3.8, 4) is 0 Å². The zero-order valence-corrected chi connectivity index (χ0v) is 18.3. The van der Waals surface area contributed by atoms with Crippen molar-refractivity contribution in [1.82, 2.24) is 20.2 Å². The van der Waals surface area contributed by atoms with Crippen LogP contribution in [0, 0.1) is 0 Å². The van der Waals surface area contributed by atoms with E-state index < -0.39 is 17.6 Å². The van der Waals surface area contributed by atoms with Crippen LogP contribution in [0.4, 0.5) is 24.5 Å². The Hall–Kier alpha value is -3.12. The van der Waals surface area contributed by atoms with Gasteiger partial charge < -0.3 is 15.0 Å². The summed E-state index contributed by atoms with van der Waals surface area (Å²) in [7, 11) is 0. The lowest BCUT2D eigenvalue weighted by Gasteiger charge is -2.31. The molecule has 1 aromatic heterocycles. The number of carbonyl (C=O) groups is 1. The van der Waals surface area contributed by atoms with Gasteiger partial charge in [-0.05, 0) is 34.2 Å². The summed E-state index contributed by atoms with van der Waals surface area (Å²) in [4.78, 5) is 14.5. The monoisotopic (exact) mass is 478 g/mol. The Bertz CT molecular complexity index is 1090. The third kappa shape index (κ3) is 6.02. The molecular formula is C21H21F3N6O2S. The third-order valence-corrected chi connectivity index (χ3v) is 5.91. The number of morpholine rings is 1. The molecule has 174 valence electrons. The largest absolute Gasteiger partial charge is 0.416 e. The van der Waals surface area contributed by atoms with Crippen molar-refractivity contribution in [3.05, 3.63) is 59.7 Å². The van der Waals surface area contributed by atoms with Gasteiger partial charge in [0.25, 0.3) is 0 Å². The average molecular weight is 479 g/mol. The van der Waals surface area contributed by atoms with Gasteiger partial charge in [-0.25, -0.2) is 4.68 Å². The highest BCUT2D eigenvalue weighted by Crippen LogP contribution is 2.36. The van der Waals surface area contributed by atoms with E-state index in [1.807, 2.05) is 35.2 Å². The van der Waals surface area contributed by atoms with Crippen LogP contribution in [0.3, 0.4) is 0 Å². The van der Waals surface area contributed by atoms with E-state index in [-0.39, 0.29) is 11.4 Å². The topological polar surface area (TPSA) is 85.2 Å². The summed E-state index contributed by atoms with van der Waals surface area (Å²) in [6, 6.07) is 13.0. The molecule has 1 aliphatic heterocycles. The molecule has 33 heavy (non-hydrogen) atoms. The second-order valence-corrected chi connectivity index (χ2v) is 8.21. The number of ether oxygens (including phenoxy) is 1. The van der Waals surface area contributed by atoms with Crippen LogP contribution in [-0.4, -0.2) is 58.2 Å². The molecule has 0 radical (unpaired) electrons. The number of rotatable bonds is 7. The molecule has 1 amide bonds. The number of thioether (sulfide) groups is 1. The summed E-state index contributed by atoms with van der Waals surface area (Å²) in [5.41, 5.74) is 0.809. The lowest BCUT2D eigenvalue weighted by atomic mass is 10.1. The molecule has 0 aliphatic carbocycles. The van der Waals surface area contributed by atoms with Gasteiger partial charge in [-0.3, -0.25) is 4.79 Å². The third-order valence-electron chi connectivity index (χ3n) is 4.96. The number of aromatic nitrogens is 4. The summed E-state index contributed by atoms with van der Waals surface area (Å²) in [6.45, 7) is 2.42. The summed E-state index contributed by atoms with van der Waals surface area (Å²) >= 11 is 1.11. The minimum absolute atomic E-state index is 0.0615. The van der Waals surface area contributed by atoms with Gasteiger partial charge in [0, 0.05) is 13.1 Å². The number of tetrazole rings is 1. The lowest BCUT2D eigenvalue weighted by molar-refractivity contribution is -0.137. The SMILES string of the molecule is O=C(CSc1nnnn1Cc1ccccc1)Nc1cc(C(F)(F)F)ccc1N1CCOCC1. The van der Waals surface area contributed by atoms with Gasteiger partial charge in [0.2, 0.25) is 11.1 Å². The van der Waals surface area contributed by atoms with E-state index in [4.69, 9.17) is 4.74 Å². The Morgan fingerprint density at radius 1 is 1.12 bits per heavy atom. The van der Waals surface area contributed by atoms with Crippen LogP contribution >= 0.6 is 11.8 Å². The highest BCUT2D eigenvalue weighted by Gasteiger charge is 2.32. The molecule has 0 spiro atoms. The van der Waals surface area contributed by atoms with Crippen LogP contribution in [0.25, 0.3) is 0 Å². The van der Waals surface area contributed by atoms with Crippen molar-refractivity contribution in [2.24, 2.45) is 0 Å². The van der Waals surface area contributed by atoms with Crippen LogP contribution in [0.5, 0.6) is 0 Å². The molecule has 0 bridgehead atoms. The summed E-state index contributed by atoms with van der Waals surface area (Å²) < 4.78 is 46.7. The quantitative estimate of drug-likeness (QED) is 0.522. The molecule has 2 heterocycles. The zero-order valence-electron chi connectivity index (χ0n) is 17.5. The maximum Gasteiger partial charge on any atom is 0.416 e. The second-order valence-electron chi connectivity index (χ2n) is 7.27. The van der Waals surface area contributed by atoms with Gasteiger partial charge >= 0.3 is 6.18 Å². The molecule has 4 rings (SSSR count). The van der Waals surface area contributed by atoms with Crippen LogP contribution in [0.2, 0.25) is 0 Å². The second kappa shape index (κ2) is 10.2. The molecule has 0 atom stereocenters. The van der Waals surface area contributed by atoms with E-state index in [2.05, 4.69) is 20.8 Å². The molecule has 1 N–H and O–H groups in total. The van der Waals surface area contributed by atoms with Gasteiger partial charge in [0.15, 0.2) is 0 Å². The Balaban J connectivity index is 1.45. The van der Waals surface area contributed by atoms with E-state index in [1.54, 1.807) is 4.68 Å². The maximum atomic E-state index is 13.3. The predicted molar refractivity (Wildman–Crippen MR) is 117 cm³/mol. The van der Waals surface area contributed by atoms with Crippen LogP contribution in [0.15, 0.2) is 53.7 Å². The molecule has 0 saturated carbocycles. The Morgan fingerprint density at radius 2 is 1.88 bits per heavy atom. The van der Waals surface area contributed by atoms with Gasteiger partial charge in [0.05, 0.1) is 42.4 Å². The fourth-order valence-corrected chi connectivity index (χ4v) is 4.04. The van der Waals surface area contributed by atoms with Gasteiger partial charge in [0.1, 0.15) is 0 Å². The summed E-state index contributed by atoms with van der Waals surface area (Å²) in [6.07, 6.45) is -4.52. The number of anilines is 2. The van der Waals surface area contributed by atoms with E-state index >= 15 is 0 Å². The summed E-state index contributed by atoms with van der Waals surface area (Å²) in [5, 5.41) is 14.6. The fourth-order valence-electron chi connectivity index (χ4n) is 3.36. The van der Waals surface area contributed by atoms with Crippen molar-refractivity contribution in [1.29, 1.82) is 0 Å². The number of hydrogen-bond donors (Lipinski definition) is 1. The van der Waals surface area contributed by atoms with E-state index in [0.717, 1.165) is 29.5 Å². The average Bonchev–Trinajstić information content (AvgIpc) is 3.25. The molecule has 8 nitrogen and oxygen atoms in total. The predicted octanol–water partition coefficient (Wildman–Crippen LogP) is 3.31. The molecule has 0 unspecified atom stereocenters. The van der Waals surface area contributed by atoms with Gasteiger partial charge in [-0.15, -0.1) is 5.10 Å². The number of nitrogens with one attached hydrogen (secondary N) is 1. The van der Waals surface area contributed by atoms with Crippen molar-refractivity contribution in [2.75, 3.05) is 42.3 Å². The smallest absolute Gasteiger partial charge is 0.378 e. The first-order valence-corrected chi connectivity index (χ1v) is 11.2. The number of benzene rings is 2. The summed E-state index contributed by atoms with van der Waals surface area (Å²) in [5.74, 6) is -0.517. The van der Waals surface area contributed by atoms with Gasteiger partial charge in [-0.2, -0.15) is 13.2 Å². The zero-order chi connectivity index (χ0) is 23.3. The first kappa shape index (κ1) is 23.1. The standard InChI is InChI=1S/C21H21F3N6O2S/c22-21(23,24)16-6-7-18(29-8-10-32-11-9-29)17(12-16)25-19(31)14-33-20-26-27-28-30(20)13-15-4-2-1-3-5-15/h1-7,12H,8-11,13-14H2,(H,25,31). The Labute approximate surface area is 192 Å². The fraction of sp³-hybridized carbons (Fsp3) is 0.333. The van der Waals surface area contributed by atoms with Crippen molar-refractivity contribution < 1.29 is 22.7 Å². The van der Waals surface area contributed by atoms with E-state index in [9.17, 15) is 18.0 Å². The van der Waals surface area contributed by atoms with Crippen LogP contribution < -0.4 is 10.2 Å².